The van der Waals surface area contributed by atoms with Gasteiger partial charge in [0.05, 0.1) is 6.20 Å². The standard InChI is InChI=1S/C6H9N3/c1-2-3-7-6-8-4-5-9-6/h2-3H2,1H3,(H2,7,8,9). The zero-order valence-corrected chi connectivity index (χ0v) is 5.36. The molecule has 0 aliphatic carbocycles. The summed E-state index contributed by atoms with van der Waals surface area (Å²) in [7, 11) is 0. The first kappa shape index (κ1) is 5.96. The summed E-state index contributed by atoms with van der Waals surface area (Å²) in [5, 5.41) is 3.05. The lowest BCUT2D eigenvalue weighted by atomic mass is 10.5. The molecule has 9 heavy (non-hydrogen) atoms. The average Bonchev–Trinajstić information content (AvgIpc) is 2.34. The molecular formula is C6H9N3. The minimum absolute atomic E-state index is 0.747. The Morgan fingerprint density at radius 1 is 1.78 bits per heavy atom. The molecule has 0 saturated heterocycles. The van der Waals surface area contributed by atoms with Gasteiger partial charge in [-0.05, 0) is 6.42 Å². The van der Waals surface area contributed by atoms with E-state index in [1.165, 1.54) is 0 Å². The minimum Gasteiger partial charge on any atom is -0.355 e. The molecule has 48 valence electrons. The van der Waals surface area contributed by atoms with Gasteiger partial charge in [-0.2, -0.15) is 4.98 Å². The highest BCUT2D eigenvalue weighted by Crippen LogP contribution is 1.89. The molecule has 0 atom stereocenters. The number of aromatic nitrogens is 2. The van der Waals surface area contributed by atoms with Crippen molar-refractivity contribution in [3.05, 3.63) is 12.4 Å². The Kier molecular flexibility index (Phi) is 1.97. The third kappa shape index (κ3) is 1.65. The number of rotatable bonds is 3. The molecule has 1 heterocycles. The van der Waals surface area contributed by atoms with Crippen LogP contribution in [0.2, 0.25) is 0 Å². The molecule has 0 aliphatic heterocycles. The quantitative estimate of drug-likeness (QED) is 0.625. The highest BCUT2D eigenvalue weighted by molar-refractivity contribution is 5.19. The number of anilines is 1. The maximum Gasteiger partial charge on any atom is 0.217 e. The molecule has 3 heteroatoms. The van der Waals surface area contributed by atoms with Crippen LogP contribution in [0.15, 0.2) is 0 Å². The SMILES string of the molecule is CCCNc1nc#c[nH]1. The summed E-state index contributed by atoms with van der Waals surface area (Å²) in [6.07, 6.45) is 6.26. The largest absolute Gasteiger partial charge is 0.355 e. The zero-order chi connectivity index (χ0) is 6.53. The Labute approximate surface area is 54.5 Å². The third-order valence-electron chi connectivity index (χ3n) is 0.947. The van der Waals surface area contributed by atoms with Gasteiger partial charge in [-0.25, -0.2) is 0 Å². The molecule has 0 fully saturated rings. The van der Waals surface area contributed by atoms with Gasteiger partial charge in [0, 0.05) is 12.7 Å². The normalized spacial score (nSPS) is 8.56. The van der Waals surface area contributed by atoms with Crippen molar-refractivity contribution >= 4 is 5.95 Å². The molecule has 1 aromatic heterocycles. The molecule has 0 unspecified atom stereocenters. The van der Waals surface area contributed by atoms with Gasteiger partial charge in [0.2, 0.25) is 5.95 Å². The Bertz CT molecular complexity index is 145. The molecule has 1 aromatic rings. The van der Waals surface area contributed by atoms with Crippen LogP contribution in [-0.2, 0) is 0 Å². The maximum atomic E-state index is 3.81. The van der Waals surface area contributed by atoms with E-state index in [2.05, 4.69) is 34.6 Å². The fourth-order valence-electron chi connectivity index (χ4n) is 0.526. The molecule has 0 aromatic carbocycles. The zero-order valence-electron chi connectivity index (χ0n) is 5.36. The Morgan fingerprint density at radius 3 is 3.22 bits per heavy atom. The first-order valence-corrected chi connectivity index (χ1v) is 3.01. The molecule has 3 nitrogen and oxygen atoms in total. The summed E-state index contributed by atoms with van der Waals surface area (Å²) in [6.45, 7) is 3.04. The Hall–Kier alpha value is -1.17. The highest BCUT2D eigenvalue weighted by atomic mass is 15.1. The van der Waals surface area contributed by atoms with Crippen LogP contribution in [0.1, 0.15) is 13.3 Å². The van der Waals surface area contributed by atoms with Gasteiger partial charge in [-0.15, -0.1) is 0 Å². The molecule has 0 bridgehead atoms. The summed E-state index contributed by atoms with van der Waals surface area (Å²) < 4.78 is 0. The van der Waals surface area contributed by atoms with E-state index in [9.17, 15) is 0 Å². The second kappa shape index (κ2) is 2.98. The van der Waals surface area contributed by atoms with Crippen molar-refractivity contribution in [2.75, 3.05) is 11.9 Å². The number of nitrogens with one attached hydrogen (secondary N) is 2. The van der Waals surface area contributed by atoms with E-state index in [0.29, 0.717) is 0 Å². The van der Waals surface area contributed by atoms with Gasteiger partial charge < -0.3 is 5.32 Å². The summed E-state index contributed by atoms with van der Waals surface area (Å²) in [5.41, 5.74) is 0. The summed E-state index contributed by atoms with van der Waals surface area (Å²) in [6, 6.07) is 0. The van der Waals surface area contributed by atoms with Crippen LogP contribution >= 0.6 is 0 Å². The fraction of sp³-hybridized carbons (Fsp3) is 0.500. The van der Waals surface area contributed by atoms with Crippen molar-refractivity contribution in [1.82, 2.24) is 9.97 Å². The minimum atomic E-state index is 0.747. The number of hydrogen-bond acceptors (Lipinski definition) is 2. The molecule has 0 radical (unpaired) electrons. The second-order valence-electron chi connectivity index (χ2n) is 1.75. The van der Waals surface area contributed by atoms with E-state index in [0.717, 1.165) is 18.9 Å². The third-order valence-corrected chi connectivity index (χ3v) is 0.947. The van der Waals surface area contributed by atoms with Crippen LogP contribution < -0.4 is 5.32 Å². The van der Waals surface area contributed by atoms with E-state index in [1.54, 1.807) is 0 Å². The molecule has 2 N–H and O–H groups in total. The van der Waals surface area contributed by atoms with Crippen molar-refractivity contribution in [2.45, 2.75) is 13.3 Å². The lowest BCUT2D eigenvalue weighted by Crippen LogP contribution is -2.00. The van der Waals surface area contributed by atoms with Gasteiger partial charge in [-0.3, -0.25) is 4.98 Å². The van der Waals surface area contributed by atoms with Crippen LogP contribution in [0.3, 0.4) is 0 Å². The first-order chi connectivity index (χ1) is 4.43. The fourth-order valence-corrected chi connectivity index (χ4v) is 0.526. The molecule has 0 amide bonds. The summed E-state index contributed by atoms with van der Waals surface area (Å²) in [5.74, 6) is 0.747. The Morgan fingerprint density at radius 2 is 2.67 bits per heavy atom. The van der Waals surface area contributed by atoms with Crippen LogP contribution in [0, 0.1) is 12.4 Å². The van der Waals surface area contributed by atoms with E-state index >= 15 is 0 Å². The molecule has 0 spiro atoms. The topological polar surface area (TPSA) is 40.7 Å². The number of H-pyrrole nitrogens is 1. The average molecular weight is 123 g/mol. The smallest absolute Gasteiger partial charge is 0.217 e. The summed E-state index contributed by atoms with van der Waals surface area (Å²) in [4.78, 5) is 6.58. The summed E-state index contributed by atoms with van der Waals surface area (Å²) >= 11 is 0. The predicted molar refractivity (Wildman–Crippen MR) is 35.0 cm³/mol. The van der Waals surface area contributed by atoms with Crippen LogP contribution in [0.5, 0.6) is 0 Å². The van der Waals surface area contributed by atoms with Crippen LogP contribution in [0.4, 0.5) is 5.95 Å². The van der Waals surface area contributed by atoms with Gasteiger partial charge in [0.25, 0.3) is 0 Å². The van der Waals surface area contributed by atoms with Crippen molar-refractivity contribution in [3.8, 4) is 0 Å². The number of nitrogens with zero attached hydrogens (tertiary/aromatic N) is 1. The molecule has 1 rings (SSSR count). The molecule has 0 aliphatic rings. The monoisotopic (exact) mass is 123 g/mol. The van der Waals surface area contributed by atoms with Gasteiger partial charge in [-0.1, -0.05) is 6.92 Å². The van der Waals surface area contributed by atoms with Crippen LogP contribution in [0.25, 0.3) is 0 Å². The van der Waals surface area contributed by atoms with E-state index < -0.39 is 0 Å². The molecular weight excluding hydrogens is 114 g/mol. The lowest BCUT2D eigenvalue weighted by molar-refractivity contribution is 0.961. The highest BCUT2D eigenvalue weighted by Gasteiger charge is 1.86. The van der Waals surface area contributed by atoms with Gasteiger partial charge >= 0.3 is 0 Å². The number of aromatic amines is 1. The van der Waals surface area contributed by atoms with Crippen molar-refractivity contribution < 1.29 is 0 Å². The lowest BCUT2D eigenvalue weighted by Gasteiger charge is -1.95. The van der Waals surface area contributed by atoms with E-state index in [4.69, 9.17) is 0 Å². The van der Waals surface area contributed by atoms with E-state index in [1.807, 2.05) is 0 Å². The maximum absolute atomic E-state index is 3.81. The van der Waals surface area contributed by atoms with E-state index in [-0.39, 0.29) is 0 Å². The van der Waals surface area contributed by atoms with Gasteiger partial charge in [0.15, 0.2) is 0 Å². The van der Waals surface area contributed by atoms with Crippen molar-refractivity contribution in [3.63, 3.8) is 0 Å². The van der Waals surface area contributed by atoms with Crippen molar-refractivity contribution in [1.29, 1.82) is 0 Å². The van der Waals surface area contributed by atoms with Crippen LogP contribution in [-0.4, -0.2) is 16.5 Å². The first-order valence-electron chi connectivity index (χ1n) is 3.01. The molecule has 0 saturated carbocycles. The van der Waals surface area contributed by atoms with Crippen molar-refractivity contribution in [2.24, 2.45) is 0 Å². The number of hydrogen-bond donors (Lipinski definition) is 2. The Balaban J connectivity index is 2.30. The van der Waals surface area contributed by atoms with Gasteiger partial charge in [0.1, 0.15) is 0 Å². The predicted octanol–water partition coefficient (Wildman–Crippen LogP) is 0.832. The second-order valence-corrected chi connectivity index (χ2v) is 1.75.